The Balaban J connectivity index is 1.35. The number of carbonyl (C=O) groups is 1. The molecule has 1 amide bonds. The van der Waals surface area contributed by atoms with Crippen molar-refractivity contribution < 1.29 is 14.2 Å². The van der Waals surface area contributed by atoms with E-state index in [0.717, 1.165) is 41.0 Å². The number of rotatable bonds is 5. The SMILES string of the molecule is Cc1nonc1CN1CCN(C(=O)C(C)Oc2cccc3ccccc23)CC1. The van der Waals surface area contributed by atoms with Gasteiger partial charge in [0, 0.05) is 38.1 Å². The van der Waals surface area contributed by atoms with Gasteiger partial charge in [-0.1, -0.05) is 46.7 Å². The standard InChI is InChI=1S/C21H24N4O3/c1-15-19(23-28-22-15)14-24-10-12-25(13-11-24)21(26)16(2)27-20-9-5-7-17-6-3-4-8-18(17)20/h3-9,16H,10-14H2,1-2H3. The largest absolute Gasteiger partial charge is 0.480 e. The molecule has 1 aliphatic heterocycles. The van der Waals surface area contributed by atoms with E-state index in [0.29, 0.717) is 19.6 Å². The van der Waals surface area contributed by atoms with Gasteiger partial charge in [0.05, 0.1) is 0 Å². The highest BCUT2D eigenvalue weighted by Crippen LogP contribution is 2.26. The van der Waals surface area contributed by atoms with Crippen molar-refractivity contribution in [1.29, 1.82) is 0 Å². The Morgan fingerprint density at radius 2 is 1.86 bits per heavy atom. The number of nitrogens with zero attached hydrogens (tertiary/aromatic N) is 4. The summed E-state index contributed by atoms with van der Waals surface area (Å²) in [7, 11) is 0. The number of aryl methyl sites for hydroxylation is 1. The summed E-state index contributed by atoms with van der Waals surface area (Å²) < 4.78 is 10.8. The van der Waals surface area contributed by atoms with Crippen molar-refractivity contribution in [2.45, 2.75) is 26.5 Å². The highest BCUT2D eigenvalue weighted by molar-refractivity contribution is 5.89. The Morgan fingerprint density at radius 1 is 1.11 bits per heavy atom. The van der Waals surface area contributed by atoms with Crippen LogP contribution in [0.2, 0.25) is 0 Å². The number of fused-ring (bicyclic) bond motifs is 1. The molecule has 7 heteroatoms. The molecule has 1 saturated heterocycles. The summed E-state index contributed by atoms with van der Waals surface area (Å²) >= 11 is 0. The molecule has 0 aliphatic carbocycles. The van der Waals surface area contributed by atoms with Crippen LogP contribution in [0.5, 0.6) is 5.75 Å². The van der Waals surface area contributed by atoms with Crippen molar-refractivity contribution in [3.05, 3.63) is 53.9 Å². The summed E-state index contributed by atoms with van der Waals surface area (Å²) in [5, 5.41) is 9.87. The molecule has 0 spiro atoms. The fourth-order valence-corrected chi connectivity index (χ4v) is 3.53. The average molecular weight is 380 g/mol. The maximum atomic E-state index is 12.9. The molecule has 4 rings (SSSR count). The second-order valence-corrected chi connectivity index (χ2v) is 7.14. The first-order chi connectivity index (χ1) is 13.6. The van der Waals surface area contributed by atoms with E-state index in [1.54, 1.807) is 0 Å². The van der Waals surface area contributed by atoms with Crippen molar-refractivity contribution in [3.63, 3.8) is 0 Å². The van der Waals surface area contributed by atoms with Gasteiger partial charge in [0.2, 0.25) is 0 Å². The van der Waals surface area contributed by atoms with Crippen molar-refractivity contribution >= 4 is 16.7 Å². The molecular formula is C21H24N4O3. The molecule has 28 heavy (non-hydrogen) atoms. The molecule has 146 valence electrons. The van der Waals surface area contributed by atoms with Gasteiger partial charge in [0.15, 0.2) is 6.10 Å². The smallest absolute Gasteiger partial charge is 0.263 e. The first kappa shape index (κ1) is 18.4. The van der Waals surface area contributed by atoms with Gasteiger partial charge >= 0.3 is 0 Å². The molecule has 0 N–H and O–H groups in total. The zero-order valence-corrected chi connectivity index (χ0v) is 16.2. The monoisotopic (exact) mass is 380 g/mol. The quantitative estimate of drug-likeness (QED) is 0.678. The van der Waals surface area contributed by atoms with Crippen LogP contribution in [0.1, 0.15) is 18.3 Å². The molecule has 3 aromatic rings. The van der Waals surface area contributed by atoms with Crippen LogP contribution in [0.4, 0.5) is 0 Å². The minimum atomic E-state index is -0.528. The van der Waals surface area contributed by atoms with Crippen LogP contribution in [-0.2, 0) is 11.3 Å². The summed E-state index contributed by atoms with van der Waals surface area (Å²) in [4.78, 5) is 17.0. The van der Waals surface area contributed by atoms with Crippen LogP contribution < -0.4 is 4.74 Å². The van der Waals surface area contributed by atoms with Crippen molar-refractivity contribution in [1.82, 2.24) is 20.1 Å². The first-order valence-electron chi connectivity index (χ1n) is 9.55. The second-order valence-electron chi connectivity index (χ2n) is 7.14. The third kappa shape index (κ3) is 3.84. The highest BCUT2D eigenvalue weighted by Gasteiger charge is 2.27. The Bertz CT molecular complexity index is 958. The van der Waals surface area contributed by atoms with Gasteiger partial charge in [-0.2, -0.15) is 0 Å². The molecule has 2 aromatic carbocycles. The van der Waals surface area contributed by atoms with E-state index in [9.17, 15) is 4.79 Å². The van der Waals surface area contributed by atoms with Gasteiger partial charge < -0.3 is 9.64 Å². The zero-order chi connectivity index (χ0) is 19.5. The third-order valence-corrected chi connectivity index (χ3v) is 5.20. The lowest BCUT2D eigenvalue weighted by atomic mass is 10.1. The highest BCUT2D eigenvalue weighted by atomic mass is 16.6. The summed E-state index contributed by atoms with van der Waals surface area (Å²) in [6, 6.07) is 13.9. The number of amides is 1. The van der Waals surface area contributed by atoms with E-state index >= 15 is 0 Å². The van der Waals surface area contributed by atoms with Gasteiger partial charge in [-0.3, -0.25) is 9.69 Å². The molecule has 1 fully saturated rings. The molecule has 0 radical (unpaired) electrons. The average Bonchev–Trinajstić information content (AvgIpc) is 3.13. The van der Waals surface area contributed by atoms with Crippen LogP contribution in [-0.4, -0.2) is 58.3 Å². The summed E-state index contributed by atoms with van der Waals surface area (Å²) in [5.74, 6) is 0.762. The predicted octanol–water partition coefficient (Wildman–Crippen LogP) is 2.64. The van der Waals surface area contributed by atoms with Gasteiger partial charge in [0.1, 0.15) is 17.1 Å². The molecule has 1 unspecified atom stereocenters. The number of benzene rings is 2. The molecule has 0 bridgehead atoms. The molecule has 7 nitrogen and oxygen atoms in total. The molecular weight excluding hydrogens is 356 g/mol. The molecule has 2 heterocycles. The minimum absolute atomic E-state index is 0.0202. The molecule has 1 aliphatic rings. The lowest BCUT2D eigenvalue weighted by Crippen LogP contribution is -2.51. The molecule has 0 saturated carbocycles. The van der Waals surface area contributed by atoms with E-state index in [-0.39, 0.29) is 5.91 Å². The first-order valence-corrected chi connectivity index (χ1v) is 9.55. The van der Waals surface area contributed by atoms with Crippen LogP contribution >= 0.6 is 0 Å². The normalized spacial score (nSPS) is 16.3. The van der Waals surface area contributed by atoms with Gasteiger partial charge in [0.25, 0.3) is 5.91 Å². The van der Waals surface area contributed by atoms with Gasteiger partial charge in [-0.05, 0) is 25.3 Å². The summed E-state index contributed by atoms with van der Waals surface area (Å²) in [6.07, 6.45) is -0.528. The van der Waals surface area contributed by atoms with Crippen LogP contribution in [0.25, 0.3) is 10.8 Å². The second kappa shape index (κ2) is 7.98. The van der Waals surface area contributed by atoms with E-state index in [1.807, 2.05) is 61.2 Å². The number of aromatic nitrogens is 2. The van der Waals surface area contributed by atoms with Gasteiger partial charge in [-0.25, -0.2) is 4.63 Å². The van der Waals surface area contributed by atoms with Crippen LogP contribution in [0.3, 0.4) is 0 Å². The Labute approximate surface area is 163 Å². The van der Waals surface area contributed by atoms with E-state index < -0.39 is 6.10 Å². The summed E-state index contributed by atoms with van der Waals surface area (Å²) in [6.45, 7) is 7.33. The number of hydrogen-bond donors (Lipinski definition) is 0. The topological polar surface area (TPSA) is 71.7 Å². The number of hydrogen-bond acceptors (Lipinski definition) is 6. The fourth-order valence-electron chi connectivity index (χ4n) is 3.53. The Morgan fingerprint density at radius 3 is 2.61 bits per heavy atom. The lowest BCUT2D eigenvalue weighted by molar-refractivity contribution is -0.139. The Kier molecular flexibility index (Phi) is 5.25. The van der Waals surface area contributed by atoms with Crippen molar-refractivity contribution in [3.8, 4) is 5.75 Å². The predicted molar refractivity (Wildman–Crippen MR) is 105 cm³/mol. The Hall–Kier alpha value is -2.93. The maximum Gasteiger partial charge on any atom is 0.263 e. The minimum Gasteiger partial charge on any atom is -0.480 e. The van der Waals surface area contributed by atoms with E-state index in [2.05, 4.69) is 15.2 Å². The number of carbonyl (C=O) groups excluding carboxylic acids is 1. The van der Waals surface area contributed by atoms with Crippen LogP contribution in [0.15, 0.2) is 47.1 Å². The van der Waals surface area contributed by atoms with E-state index in [4.69, 9.17) is 9.37 Å². The fraction of sp³-hybridized carbons (Fsp3) is 0.381. The maximum absolute atomic E-state index is 12.9. The van der Waals surface area contributed by atoms with Crippen molar-refractivity contribution in [2.75, 3.05) is 26.2 Å². The zero-order valence-electron chi connectivity index (χ0n) is 16.2. The third-order valence-electron chi connectivity index (χ3n) is 5.20. The number of ether oxygens (including phenoxy) is 1. The number of piperazine rings is 1. The molecule has 1 atom stereocenters. The van der Waals surface area contributed by atoms with Crippen molar-refractivity contribution in [2.24, 2.45) is 0 Å². The molecule has 1 aromatic heterocycles. The summed E-state index contributed by atoms with van der Waals surface area (Å²) in [5.41, 5.74) is 1.67. The van der Waals surface area contributed by atoms with Crippen LogP contribution in [0, 0.1) is 6.92 Å². The lowest BCUT2D eigenvalue weighted by Gasteiger charge is -2.35. The van der Waals surface area contributed by atoms with E-state index in [1.165, 1.54) is 0 Å². The van der Waals surface area contributed by atoms with Gasteiger partial charge in [-0.15, -0.1) is 0 Å².